The fourth-order valence-corrected chi connectivity index (χ4v) is 4.18. The summed E-state index contributed by atoms with van der Waals surface area (Å²) in [6.45, 7) is 2.81. The second-order valence-corrected chi connectivity index (χ2v) is 8.26. The van der Waals surface area contributed by atoms with Crippen LogP contribution in [-0.4, -0.2) is 29.2 Å². The van der Waals surface area contributed by atoms with Gasteiger partial charge in [-0.15, -0.1) is 13.2 Å². The van der Waals surface area contributed by atoms with E-state index < -0.39 is 6.36 Å². The first-order valence-electron chi connectivity index (χ1n) is 10.9. The summed E-state index contributed by atoms with van der Waals surface area (Å²) < 4.78 is 50.7. The van der Waals surface area contributed by atoms with Gasteiger partial charge in [0.2, 0.25) is 5.62 Å². The predicted molar refractivity (Wildman–Crippen MR) is 124 cm³/mol. The van der Waals surface area contributed by atoms with Crippen LogP contribution in [0.1, 0.15) is 22.7 Å². The van der Waals surface area contributed by atoms with Gasteiger partial charge in [0, 0.05) is 7.11 Å². The highest BCUT2D eigenvalue weighted by Gasteiger charge is 2.31. The molecule has 5 nitrogen and oxygen atoms in total. The predicted octanol–water partition coefficient (Wildman–Crippen LogP) is 5.61. The molecule has 0 radical (unpaired) electrons. The maximum Gasteiger partial charge on any atom is 0.573 e. The monoisotopic (exact) mass is 469 g/mol. The minimum absolute atomic E-state index is 0.103. The Morgan fingerprint density at radius 2 is 1.50 bits per heavy atom. The minimum Gasteiger partial charge on any atom is -0.406 e. The third-order valence-corrected chi connectivity index (χ3v) is 5.73. The van der Waals surface area contributed by atoms with Crippen molar-refractivity contribution in [2.75, 3.05) is 13.7 Å². The van der Waals surface area contributed by atoms with E-state index in [1.54, 1.807) is 19.2 Å². The highest BCUT2D eigenvalue weighted by atomic mass is 19.4. The molecule has 4 rings (SSSR count). The summed E-state index contributed by atoms with van der Waals surface area (Å²) in [7, 11) is 1.65. The molecule has 1 heterocycles. The van der Waals surface area contributed by atoms with Crippen molar-refractivity contribution in [3.63, 3.8) is 0 Å². The van der Waals surface area contributed by atoms with Crippen molar-refractivity contribution in [3.8, 4) is 5.75 Å². The van der Waals surface area contributed by atoms with Gasteiger partial charge in [-0.05, 0) is 48.7 Å². The number of nitrogens with one attached hydrogen (secondary N) is 1. The van der Waals surface area contributed by atoms with Crippen molar-refractivity contribution in [2.45, 2.75) is 32.3 Å². The Bertz CT molecular complexity index is 1310. The van der Waals surface area contributed by atoms with Gasteiger partial charge in [0.05, 0.1) is 30.2 Å². The number of fused-ring (bicyclic) bond motifs is 1. The summed E-state index contributed by atoms with van der Waals surface area (Å²) >= 11 is 0. The molecule has 0 saturated heterocycles. The van der Waals surface area contributed by atoms with Crippen molar-refractivity contribution in [2.24, 2.45) is 0 Å². The molecule has 0 aliphatic carbocycles. The smallest absolute Gasteiger partial charge is 0.406 e. The molecule has 8 heteroatoms. The molecular formula is C26H26F3N3O2. The number of imidazole rings is 1. The Kier molecular flexibility index (Phi) is 6.79. The molecule has 0 aliphatic heterocycles. The van der Waals surface area contributed by atoms with Gasteiger partial charge >= 0.3 is 6.36 Å². The number of halogens is 3. The average Bonchev–Trinajstić information content (AvgIpc) is 3.06. The van der Waals surface area contributed by atoms with Crippen LogP contribution < -0.4 is 10.4 Å². The van der Waals surface area contributed by atoms with E-state index in [2.05, 4.69) is 29.0 Å². The molecule has 0 unspecified atom stereocenters. The molecule has 1 aromatic heterocycles. The number of para-hydroxylation sites is 2. The number of ether oxygens (including phenoxy) is 2. The van der Waals surface area contributed by atoms with Crippen LogP contribution in [0.25, 0.3) is 11.0 Å². The number of benzene rings is 3. The largest absolute Gasteiger partial charge is 0.573 e. The normalized spacial score (nSPS) is 12.7. The Hall–Kier alpha value is -3.52. The lowest BCUT2D eigenvalue weighted by Gasteiger charge is -2.19. The molecule has 0 fully saturated rings. The van der Waals surface area contributed by atoms with Crippen molar-refractivity contribution in [1.29, 1.82) is 5.41 Å². The molecule has 3 aromatic carbocycles. The topological polar surface area (TPSA) is 52.2 Å². The molecule has 0 saturated carbocycles. The highest BCUT2D eigenvalue weighted by molar-refractivity contribution is 5.76. The number of aromatic nitrogens is 2. The summed E-state index contributed by atoms with van der Waals surface area (Å²) in [5.74, 6) is -0.270. The van der Waals surface area contributed by atoms with E-state index in [0.29, 0.717) is 25.2 Å². The summed E-state index contributed by atoms with van der Waals surface area (Å²) in [6.07, 6.45) is -4.03. The molecule has 0 spiro atoms. The molecule has 1 N–H and O–H groups in total. The van der Waals surface area contributed by atoms with E-state index in [9.17, 15) is 13.2 Å². The number of rotatable bonds is 8. The van der Waals surface area contributed by atoms with Crippen LogP contribution in [0, 0.1) is 12.3 Å². The standard InChI is InChI=1S/C26H26F3N3O2/c1-18-7-9-19(10-8-18)15-21(17-33-2)32-24-6-4-3-5-23(24)31(25(32)30)16-20-11-13-22(14-12-20)34-26(27,28)29/h3-14,21,30H,15-17H2,1-2H3/t21-/m0/s1. The van der Waals surface area contributed by atoms with Gasteiger partial charge in [0.15, 0.2) is 0 Å². The lowest BCUT2D eigenvalue weighted by Crippen LogP contribution is -2.31. The van der Waals surface area contributed by atoms with Crippen LogP contribution in [0.3, 0.4) is 0 Å². The van der Waals surface area contributed by atoms with Crippen molar-refractivity contribution in [1.82, 2.24) is 9.13 Å². The Morgan fingerprint density at radius 3 is 2.12 bits per heavy atom. The summed E-state index contributed by atoms with van der Waals surface area (Å²) in [5.41, 5.74) is 5.16. The summed E-state index contributed by atoms with van der Waals surface area (Å²) in [5, 5.41) is 8.99. The molecule has 4 aromatic rings. The number of nitrogens with zero attached hydrogens (tertiary/aromatic N) is 2. The zero-order valence-electron chi connectivity index (χ0n) is 19.0. The maximum atomic E-state index is 12.5. The van der Waals surface area contributed by atoms with Crippen LogP contribution in [0.4, 0.5) is 13.2 Å². The highest BCUT2D eigenvalue weighted by Crippen LogP contribution is 2.25. The molecule has 0 amide bonds. The van der Waals surface area contributed by atoms with E-state index in [0.717, 1.165) is 22.2 Å². The van der Waals surface area contributed by atoms with Crippen LogP contribution in [0.15, 0.2) is 72.8 Å². The van der Waals surface area contributed by atoms with Crippen molar-refractivity contribution < 1.29 is 22.6 Å². The average molecular weight is 470 g/mol. The van der Waals surface area contributed by atoms with Gasteiger partial charge in [0.1, 0.15) is 5.75 Å². The fraction of sp³-hybridized carbons (Fsp3) is 0.269. The lowest BCUT2D eigenvalue weighted by atomic mass is 10.0. The van der Waals surface area contributed by atoms with E-state index in [-0.39, 0.29) is 11.8 Å². The molecular weight excluding hydrogens is 443 g/mol. The molecule has 0 bridgehead atoms. The van der Waals surface area contributed by atoms with Gasteiger partial charge in [0.25, 0.3) is 0 Å². The van der Waals surface area contributed by atoms with Crippen LogP contribution in [0.2, 0.25) is 0 Å². The number of hydrogen-bond donors (Lipinski definition) is 1. The number of hydrogen-bond acceptors (Lipinski definition) is 3. The van der Waals surface area contributed by atoms with Gasteiger partial charge in [-0.1, -0.05) is 54.1 Å². The summed E-state index contributed by atoms with van der Waals surface area (Å²) in [4.78, 5) is 0. The van der Waals surface area contributed by atoms with Crippen LogP contribution in [-0.2, 0) is 17.7 Å². The van der Waals surface area contributed by atoms with Crippen LogP contribution in [0.5, 0.6) is 5.75 Å². The first kappa shape index (κ1) is 23.6. The van der Waals surface area contributed by atoms with Gasteiger partial charge in [-0.25, -0.2) is 0 Å². The van der Waals surface area contributed by atoms with Crippen molar-refractivity contribution >= 4 is 11.0 Å². The second kappa shape index (κ2) is 9.77. The lowest BCUT2D eigenvalue weighted by molar-refractivity contribution is -0.274. The first-order valence-corrected chi connectivity index (χ1v) is 10.9. The van der Waals surface area contributed by atoms with Crippen molar-refractivity contribution in [3.05, 3.63) is 95.1 Å². The Morgan fingerprint density at radius 1 is 0.882 bits per heavy atom. The van der Waals surface area contributed by atoms with E-state index in [1.165, 1.54) is 17.7 Å². The molecule has 0 aliphatic rings. The van der Waals surface area contributed by atoms with E-state index >= 15 is 0 Å². The number of aryl methyl sites for hydroxylation is 1. The Balaban J connectivity index is 1.70. The third kappa shape index (κ3) is 5.34. The van der Waals surface area contributed by atoms with E-state index in [4.69, 9.17) is 10.1 Å². The van der Waals surface area contributed by atoms with Gasteiger partial charge in [-0.2, -0.15) is 0 Å². The summed E-state index contributed by atoms with van der Waals surface area (Å²) in [6, 6.07) is 21.7. The minimum atomic E-state index is -4.73. The number of alkyl halides is 3. The maximum absolute atomic E-state index is 12.5. The molecule has 178 valence electrons. The molecule has 1 atom stereocenters. The zero-order chi connectivity index (χ0) is 24.3. The number of methoxy groups -OCH3 is 1. The zero-order valence-corrected chi connectivity index (χ0v) is 19.0. The fourth-order valence-electron chi connectivity index (χ4n) is 4.18. The second-order valence-electron chi connectivity index (χ2n) is 8.26. The van der Waals surface area contributed by atoms with Gasteiger partial charge < -0.3 is 18.6 Å². The molecule has 34 heavy (non-hydrogen) atoms. The van der Waals surface area contributed by atoms with E-state index in [1.807, 2.05) is 40.3 Å². The van der Waals surface area contributed by atoms with Gasteiger partial charge in [-0.3, -0.25) is 5.41 Å². The van der Waals surface area contributed by atoms with Crippen LogP contribution >= 0.6 is 0 Å². The quantitative estimate of drug-likeness (QED) is 0.365. The first-order chi connectivity index (χ1) is 16.2. The Labute approximate surface area is 195 Å². The SMILES string of the molecule is COC[C@H](Cc1ccc(C)cc1)n1c(=N)n(Cc2ccc(OC(F)(F)F)cc2)c2ccccc21. The third-order valence-electron chi connectivity index (χ3n) is 5.73.